The number of aromatic nitrogens is 4. The van der Waals surface area contributed by atoms with E-state index >= 15 is 0 Å². The van der Waals surface area contributed by atoms with Crippen molar-refractivity contribution < 1.29 is 14.3 Å². The Kier molecular flexibility index (Phi) is 3.34. The van der Waals surface area contributed by atoms with Gasteiger partial charge in [-0.2, -0.15) is 0 Å². The first-order chi connectivity index (χ1) is 11.6. The van der Waals surface area contributed by atoms with Crippen molar-refractivity contribution in [2.75, 3.05) is 0 Å². The number of hydrogen-bond donors (Lipinski definition) is 1. The largest absolute Gasteiger partial charge is 0.476 e. The first kappa shape index (κ1) is 14.5. The van der Waals surface area contributed by atoms with Gasteiger partial charge in [-0.1, -0.05) is 0 Å². The number of hydrogen-bond acceptors (Lipinski definition) is 4. The van der Waals surface area contributed by atoms with Crippen molar-refractivity contribution in [3.05, 3.63) is 60.2 Å². The molecule has 3 aromatic rings. The molecular formula is C17H13FN4O2. The number of carboxylic acid groups (broad SMARTS) is 1. The number of halogens is 1. The van der Waals surface area contributed by atoms with Gasteiger partial charge in [0.1, 0.15) is 23.8 Å². The van der Waals surface area contributed by atoms with Gasteiger partial charge in [0.05, 0.1) is 5.69 Å². The lowest BCUT2D eigenvalue weighted by molar-refractivity contribution is 0.0691. The van der Waals surface area contributed by atoms with Crippen LogP contribution in [0.3, 0.4) is 0 Å². The Labute approximate surface area is 136 Å². The van der Waals surface area contributed by atoms with Crippen LogP contribution in [0.25, 0.3) is 17.1 Å². The van der Waals surface area contributed by atoms with Crippen LogP contribution in [0.5, 0.6) is 0 Å². The third kappa shape index (κ3) is 2.76. The Morgan fingerprint density at radius 1 is 1.21 bits per heavy atom. The molecule has 0 saturated heterocycles. The molecular weight excluding hydrogens is 311 g/mol. The van der Waals surface area contributed by atoms with Crippen LogP contribution in [-0.2, 0) is 0 Å². The molecule has 1 N–H and O–H groups in total. The van der Waals surface area contributed by atoms with Gasteiger partial charge in [0, 0.05) is 23.7 Å². The summed E-state index contributed by atoms with van der Waals surface area (Å²) in [6.45, 7) is 0. The maximum atomic E-state index is 13.1. The van der Waals surface area contributed by atoms with E-state index in [0.717, 1.165) is 24.2 Å². The highest BCUT2D eigenvalue weighted by atomic mass is 19.1. The molecule has 1 aliphatic rings. The van der Waals surface area contributed by atoms with Gasteiger partial charge in [-0.15, -0.1) is 0 Å². The molecule has 1 fully saturated rings. The maximum Gasteiger partial charge on any atom is 0.356 e. The molecule has 4 rings (SSSR count). The molecule has 0 unspecified atom stereocenters. The van der Waals surface area contributed by atoms with E-state index in [9.17, 15) is 9.18 Å². The van der Waals surface area contributed by atoms with Crippen LogP contribution in [0.1, 0.15) is 35.1 Å². The second-order valence-corrected chi connectivity index (χ2v) is 5.72. The van der Waals surface area contributed by atoms with Crippen LogP contribution in [0.15, 0.2) is 42.9 Å². The summed E-state index contributed by atoms with van der Waals surface area (Å²) in [5, 5.41) is 9.01. The topological polar surface area (TPSA) is 80.9 Å². The average Bonchev–Trinajstić information content (AvgIpc) is 3.31. The monoisotopic (exact) mass is 324 g/mol. The molecule has 2 aromatic heterocycles. The minimum absolute atomic E-state index is 0.0510. The highest BCUT2D eigenvalue weighted by molar-refractivity contribution is 5.85. The minimum Gasteiger partial charge on any atom is -0.476 e. The normalized spacial score (nSPS) is 13.9. The van der Waals surface area contributed by atoms with E-state index in [-0.39, 0.29) is 11.5 Å². The van der Waals surface area contributed by atoms with Gasteiger partial charge in [-0.25, -0.2) is 24.1 Å². The van der Waals surface area contributed by atoms with E-state index < -0.39 is 5.97 Å². The van der Waals surface area contributed by atoms with Crippen LogP contribution in [0.2, 0.25) is 0 Å². The van der Waals surface area contributed by atoms with E-state index in [4.69, 9.17) is 5.11 Å². The molecule has 1 saturated carbocycles. The Balaban J connectivity index is 1.81. The SMILES string of the molecule is O=C(O)c1cn(-c2cc(-c3ccc(F)cc3)nc(C3CC3)n2)cn1. The zero-order chi connectivity index (χ0) is 16.7. The molecule has 0 spiro atoms. The second-order valence-electron chi connectivity index (χ2n) is 5.72. The summed E-state index contributed by atoms with van der Waals surface area (Å²) >= 11 is 0. The van der Waals surface area contributed by atoms with E-state index in [0.29, 0.717) is 17.4 Å². The molecule has 0 bridgehead atoms. The Bertz CT molecular complexity index is 917. The van der Waals surface area contributed by atoms with E-state index in [1.165, 1.54) is 24.7 Å². The van der Waals surface area contributed by atoms with Crippen LogP contribution in [0, 0.1) is 5.82 Å². The zero-order valence-corrected chi connectivity index (χ0v) is 12.6. The van der Waals surface area contributed by atoms with Gasteiger partial charge >= 0.3 is 5.97 Å². The molecule has 6 nitrogen and oxygen atoms in total. The van der Waals surface area contributed by atoms with Crippen LogP contribution in [0.4, 0.5) is 4.39 Å². The van der Waals surface area contributed by atoms with Gasteiger partial charge in [0.2, 0.25) is 0 Å². The zero-order valence-electron chi connectivity index (χ0n) is 12.6. The van der Waals surface area contributed by atoms with Crippen LogP contribution >= 0.6 is 0 Å². The van der Waals surface area contributed by atoms with Crippen molar-refractivity contribution >= 4 is 5.97 Å². The number of rotatable bonds is 4. The molecule has 2 heterocycles. The first-order valence-corrected chi connectivity index (χ1v) is 7.53. The summed E-state index contributed by atoms with van der Waals surface area (Å²) in [5.41, 5.74) is 1.40. The maximum absolute atomic E-state index is 13.1. The predicted molar refractivity (Wildman–Crippen MR) is 83.5 cm³/mol. The highest BCUT2D eigenvalue weighted by Crippen LogP contribution is 2.39. The lowest BCUT2D eigenvalue weighted by atomic mass is 10.1. The fourth-order valence-electron chi connectivity index (χ4n) is 2.44. The quantitative estimate of drug-likeness (QED) is 0.798. The van der Waals surface area contributed by atoms with Crippen LogP contribution in [-0.4, -0.2) is 30.6 Å². The summed E-state index contributed by atoms with van der Waals surface area (Å²) in [6.07, 6.45) is 4.90. The van der Waals surface area contributed by atoms with E-state index in [2.05, 4.69) is 15.0 Å². The second kappa shape index (κ2) is 5.52. The smallest absolute Gasteiger partial charge is 0.356 e. The van der Waals surface area contributed by atoms with Gasteiger partial charge in [-0.3, -0.25) is 4.57 Å². The lowest BCUT2D eigenvalue weighted by Crippen LogP contribution is -2.03. The van der Waals surface area contributed by atoms with Crippen molar-refractivity contribution in [3.63, 3.8) is 0 Å². The first-order valence-electron chi connectivity index (χ1n) is 7.53. The molecule has 120 valence electrons. The van der Waals surface area contributed by atoms with Gasteiger partial charge in [0.15, 0.2) is 5.69 Å². The van der Waals surface area contributed by atoms with Crippen molar-refractivity contribution in [1.29, 1.82) is 0 Å². The fourth-order valence-corrected chi connectivity index (χ4v) is 2.44. The predicted octanol–water partition coefficient (Wildman–Crippen LogP) is 3.04. The number of nitrogens with zero attached hydrogens (tertiary/aromatic N) is 4. The lowest BCUT2D eigenvalue weighted by Gasteiger charge is -2.08. The number of aromatic carboxylic acids is 1. The molecule has 0 amide bonds. The fraction of sp³-hybridized carbons (Fsp3) is 0.176. The molecule has 0 atom stereocenters. The van der Waals surface area contributed by atoms with Crippen molar-refractivity contribution in [1.82, 2.24) is 19.5 Å². The summed E-state index contributed by atoms with van der Waals surface area (Å²) in [5.74, 6) is 0.190. The van der Waals surface area contributed by atoms with Gasteiger partial charge in [-0.05, 0) is 37.1 Å². The van der Waals surface area contributed by atoms with Crippen molar-refractivity contribution in [3.8, 4) is 17.1 Å². The Morgan fingerprint density at radius 2 is 1.96 bits per heavy atom. The average molecular weight is 324 g/mol. The van der Waals surface area contributed by atoms with E-state index in [1.54, 1.807) is 22.8 Å². The highest BCUT2D eigenvalue weighted by Gasteiger charge is 2.27. The number of benzene rings is 1. The number of carboxylic acids is 1. The third-order valence-electron chi connectivity index (χ3n) is 3.88. The number of carbonyl (C=O) groups is 1. The van der Waals surface area contributed by atoms with Crippen LogP contribution < -0.4 is 0 Å². The molecule has 24 heavy (non-hydrogen) atoms. The molecule has 1 aromatic carbocycles. The van der Waals surface area contributed by atoms with E-state index in [1.807, 2.05) is 0 Å². The van der Waals surface area contributed by atoms with Crippen molar-refractivity contribution in [2.24, 2.45) is 0 Å². The standard InChI is InChI=1S/C17H13FN4O2/c18-12-5-3-10(4-6-12)13-7-15(21-16(20-13)11-1-2-11)22-8-14(17(23)24)19-9-22/h3-9,11H,1-2H2,(H,23,24). The molecule has 0 aliphatic heterocycles. The molecule has 1 aliphatic carbocycles. The summed E-state index contributed by atoms with van der Waals surface area (Å²) in [4.78, 5) is 24.0. The molecule has 0 radical (unpaired) electrons. The van der Waals surface area contributed by atoms with Gasteiger partial charge < -0.3 is 5.11 Å². The third-order valence-corrected chi connectivity index (χ3v) is 3.88. The minimum atomic E-state index is -1.09. The summed E-state index contributed by atoms with van der Waals surface area (Å²) < 4.78 is 14.7. The number of imidazole rings is 1. The van der Waals surface area contributed by atoms with Crippen molar-refractivity contribution in [2.45, 2.75) is 18.8 Å². The Hall–Kier alpha value is -3.09. The summed E-state index contributed by atoms with van der Waals surface area (Å²) in [6, 6.07) is 7.83. The summed E-state index contributed by atoms with van der Waals surface area (Å²) in [7, 11) is 0. The Morgan fingerprint density at radius 3 is 2.58 bits per heavy atom. The molecule has 7 heteroatoms. The van der Waals surface area contributed by atoms with Gasteiger partial charge in [0.25, 0.3) is 0 Å².